The first-order valence-corrected chi connectivity index (χ1v) is 5.82. The second kappa shape index (κ2) is 4.60. The molecule has 6 heteroatoms. The largest absolute Gasteiger partial charge is 0.464 e. The average Bonchev–Trinajstić information content (AvgIpc) is 2.63. The molecular weight excluding hydrogens is 253 g/mol. The van der Waals surface area contributed by atoms with Gasteiger partial charge in [-0.1, -0.05) is 0 Å². The third-order valence-electron chi connectivity index (χ3n) is 2.31. The Morgan fingerprint density at radius 2 is 1.88 bits per heavy atom. The van der Waals surface area contributed by atoms with Gasteiger partial charge in [-0.3, -0.25) is 4.79 Å². The zero-order valence-corrected chi connectivity index (χ0v) is 9.48. The highest BCUT2D eigenvalue weighted by atomic mass is 32.2. The first kappa shape index (κ1) is 12.3. The van der Waals surface area contributed by atoms with Crippen LogP contribution >= 0.6 is 11.8 Å². The van der Waals surface area contributed by atoms with Crippen LogP contribution in [0.5, 0.6) is 0 Å². The molecule has 1 aromatic carbocycles. The highest BCUT2D eigenvalue weighted by Crippen LogP contribution is 2.33. The first-order valence-electron chi connectivity index (χ1n) is 4.95. The van der Waals surface area contributed by atoms with E-state index in [2.05, 4.69) is 0 Å². The molecule has 1 heterocycles. The van der Waals surface area contributed by atoms with E-state index in [0.717, 1.165) is 12.1 Å². The Bertz CT molecular complexity index is 414. The van der Waals surface area contributed by atoms with Crippen molar-refractivity contribution in [1.82, 2.24) is 0 Å². The standard InChI is InChI=1S/C11H9F3O2S/c12-11(13,14)7-1-3-8(4-2-7)17-9-5-10(15)16-6-9/h1-4,9H,5-6H2/t9-/m0/s1. The van der Waals surface area contributed by atoms with Crippen molar-refractivity contribution in [2.45, 2.75) is 22.7 Å². The van der Waals surface area contributed by atoms with Gasteiger partial charge < -0.3 is 4.74 Å². The normalized spacial score (nSPS) is 20.4. The van der Waals surface area contributed by atoms with Gasteiger partial charge in [-0.15, -0.1) is 11.8 Å². The fourth-order valence-corrected chi connectivity index (χ4v) is 2.51. The molecule has 0 amide bonds. The molecule has 92 valence electrons. The first-order chi connectivity index (χ1) is 7.95. The third kappa shape index (κ3) is 3.15. The van der Waals surface area contributed by atoms with E-state index in [1.54, 1.807) is 0 Å². The molecule has 17 heavy (non-hydrogen) atoms. The van der Waals surface area contributed by atoms with Gasteiger partial charge in [-0.2, -0.15) is 13.2 Å². The topological polar surface area (TPSA) is 26.3 Å². The van der Waals surface area contributed by atoms with E-state index in [-0.39, 0.29) is 11.2 Å². The van der Waals surface area contributed by atoms with Crippen molar-refractivity contribution in [3.63, 3.8) is 0 Å². The van der Waals surface area contributed by atoms with Gasteiger partial charge in [0.1, 0.15) is 6.61 Å². The zero-order chi connectivity index (χ0) is 12.5. The van der Waals surface area contributed by atoms with Gasteiger partial charge in [-0.05, 0) is 24.3 Å². The summed E-state index contributed by atoms with van der Waals surface area (Å²) in [6, 6.07) is 4.91. The van der Waals surface area contributed by atoms with E-state index in [1.807, 2.05) is 0 Å². The minimum Gasteiger partial charge on any atom is -0.464 e. The summed E-state index contributed by atoms with van der Waals surface area (Å²) >= 11 is 1.36. The van der Waals surface area contributed by atoms with Crippen molar-refractivity contribution in [1.29, 1.82) is 0 Å². The van der Waals surface area contributed by atoms with Gasteiger partial charge in [-0.25, -0.2) is 0 Å². The van der Waals surface area contributed by atoms with Gasteiger partial charge in [0.05, 0.1) is 17.2 Å². The second-order valence-electron chi connectivity index (χ2n) is 3.65. The molecule has 1 saturated heterocycles. The van der Waals surface area contributed by atoms with Crippen LogP contribution in [0.4, 0.5) is 13.2 Å². The van der Waals surface area contributed by atoms with Gasteiger partial charge in [0.25, 0.3) is 0 Å². The van der Waals surface area contributed by atoms with Gasteiger partial charge in [0, 0.05) is 4.90 Å². The Morgan fingerprint density at radius 3 is 2.35 bits per heavy atom. The van der Waals surface area contributed by atoms with Crippen LogP contribution in [0.15, 0.2) is 29.2 Å². The van der Waals surface area contributed by atoms with Crippen molar-refractivity contribution in [2.24, 2.45) is 0 Å². The Kier molecular flexibility index (Phi) is 3.33. The predicted molar refractivity (Wildman–Crippen MR) is 56.7 cm³/mol. The highest BCUT2D eigenvalue weighted by molar-refractivity contribution is 8.00. The summed E-state index contributed by atoms with van der Waals surface area (Å²) in [4.78, 5) is 11.6. The van der Waals surface area contributed by atoms with E-state index in [4.69, 9.17) is 4.74 Å². The summed E-state index contributed by atoms with van der Waals surface area (Å²) in [5, 5.41) is -0.000707. The molecule has 0 aromatic heterocycles. The van der Waals surface area contributed by atoms with Crippen LogP contribution in [-0.4, -0.2) is 17.8 Å². The van der Waals surface area contributed by atoms with Crippen LogP contribution in [0.2, 0.25) is 0 Å². The molecule has 1 aliphatic rings. The maximum absolute atomic E-state index is 12.3. The van der Waals surface area contributed by atoms with Crippen molar-refractivity contribution in [3.8, 4) is 0 Å². The molecule has 0 saturated carbocycles. The Labute approximate surface area is 100 Å². The molecule has 2 nitrogen and oxygen atoms in total. The van der Waals surface area contributed by atoms with Crippen LogP contribution < -0.4 is 0 Å². The molecule has 0 bridgehead atoms. The molecule has 0 unspecified atom stereocenters. The van der Waals surface area contributed by atoms with E-state index in [1.165, 1.54) is 23.9 Å². The molecule has 2 rings (SSSR count). The lowest BCUT2D eigenvalue weighted by Crippen LogP contribution is -2.04. The molecule has 1 fully saturated rings. The fraction of sp³-hybridized carbons (Fsp3) is 0.364. The highest BCUT2D eigenvalue weighted by Gasteiger charge is 2.30. The average molecular weight is 262 g/mol. The minimum atomic E-state index is -4.31. The van der Waals surface area contributed by atoms with Crippen LogP contribution in [-0.2, 0) is 15.7 Å². The SMILES string of the molecule is O=C1C[C@H](Sc2ccc(C(F)(F)F)cc2)CO1. The van der Waals surface area contributed by atoms with E-state index in [0.29, 0.717) is 17.9 Å². The quantitative estimate of drug-likeness (QED) is 0.766. The number of thioether (sulfide) groups is 1. The molecule has 0 N–H and O–H groups in total. The number of carbonyl (C=O) groups excluding carboxylic acids is 1. The van der Waals surface area contributed by atoms with E-state index in [9.17, 15) is 18.0 Å². The molecule has 0 radical (unpaired) electrons. The smallest absolute Gasteiger partial charge is 0.416 e. The minimum absolute atomic E-state index is 0.000707. The number of cyclic esters (lactones) is 1. The second-order valence-corrected chi connectivity index (χ2v) is 5.02. The Morgan fingerprint density at radius 1 is 1.24 bits per heavy atom. The van der Waals surface area contributed by atoms with Crippen LogP contribution in [0.3, 0.4) is 0 Å². The summed E-state index contributed by atoms with van der Waals surface area (Å²) in [7, 11) is 0. The van der Waals surface area contributed by atoms with Gasteiger partial charge in [0.2, 0.25) is 0 Å². The summed E-state index contributed by atoms with van der Waals surface area (Å²) in [6.07, 6.45) is -4.00. The number of halogens is 3. The number of hydrogen-bond donors (Lipinski definition) is 0. The molecule has 1 aromatic rings. The monoisotopic (exact) mass is 262 g/mol. The number of carbonyl (C=O) groups is 1. The summed E-state index contributed by atoms with van der Waals surface area (Å²) < 4.78 is 41.7. The van der Waals surface area contributed by atoms with Crippen molar-refractivity contribution < 1.29 is 22.7 Å². The fourth-order valence-electron chi connectivity index (χ4n) is 1.48. The number of esters is 1. The maximum atomic E-state index is 12.3. The lowest BCUT2D eigenvalue weighted by Gasteiger charge is -2.09. The number of hydrogen-bond acceptors (Lipinski definition) is 3. The van der Waals surface area contributed by atoms with Gasteiger partial charge in [0.15, 0.2) is 0 Å². The maximum Gasteiger partial charge on any atom is 0.416 e. The number of ether oxygens (including phenoxy) is 1. The summed E-state index contributed by atoms with van der Waals surface area (Å²) in [5.74, 6) is -0.255. The van der Waals surface area contributed by atoms with Crippen molar-refractivity contribution in [3.05, 3.63) is 29.8 Å². The van der Waals surface area contributed by atoms with E-state index < -0.39 is 11.7 Å². The molecule has 0 aliphatic carbocycles. The summed E-state index contributed by atoms with van der Waals surface area (Å²) in [5.41, 5.74) is -0.666. The van der Waals surface area contributed by atoms with E-state index >= 15 is 0 Å². The van der Waals surface area contributed by atoms with Gasteiger partial charge >= 0.3 is 12.1 Å². The Balaban J connectivity index is 2.01. The van der Waals surface area contributed by atoms with Crippen molar-refractivity contribution >= 4 is 17.7 Å². The molecule has 1 atom stereocenters. The van der Waals surface area contributed by atoms with Crippen LogP contribution in [0.25, 0.3) is 0 Å². The Hall–Kier alpha value is -1.17. The third-order valence-corrected chi connectivity index (χ3v) is 3.49. The molecular formula is C11H9F3O2S. The number of benzene rings is 1. The number of rotatable bonds is 2. The lowest BCUT2D eigenvalue weighted by atomic mass is 10.2. The summed E-state index contributed by atoms with van der Waals surface area (Å²) in [6.45, 7) is 0.324. The lowest BCUT2D eigenvalue weighted by molar-refractivity contribution is -0.138. The zero-order valence-electron chi connectivity index (χ0n) is 8.66. The molecule has 0 spiro atoms. The number of alkyl halides is 3. The van der Waals surface area contributed by atoms with Crippen molar-refractivity contribution in [2.75, 3.05) is 6.61 Å². The predicted octanol–water partition coefficient (Wildman–Crippen LogP) is 3.11. The molecule has 1 aliphatic heterocycles. The van der Waals surface area contributed by atoms with Crippen LogP contribution in [0.1, 0.15) is 12.0 Å². The van der Waals surface area contributed by atoms with Crippen LogP contribution in [0, 0.1) is 0 Å².